The van der Waals surface area contributed by atoms with E-state index in [1.54, 1.807) is 24.3 Å². The van der Waals surface area contributed by atoms with Crippen molar-refractivity contribution in [2.75, 3.05) is 19.5 Å². The zero-order chi connectivity index (χ0) is 26.0. The fraction of sp³-hybridized carbons (Fsp3) is 0.360. The van der Waals surface area contributed by atoms with Crippen LogP contribution in [0.15, 0.2) is 46.0 Å². The summed E-state index contributed by atoms with van der Waals surface area (Å²) in [5.74, 6) is -0.859. The number of aromatic nitrogens is 2. The second-order valence-electron chi connectivity index (χ2n) is 8.69. The maximum absolute atomic E-state index is 13.6. The highest BCUT2D eigenvalue weighted by Gasteiger charge is 2.34. The van der Waals surface area contributed by atoms with Crippen LogP contribution in [0.4, 0.5) is 5.69 Å². The molecule has 2 amide bonds. The topological polar surface area (TPSA) is 135 Å². The highest BCUT2D eigenvalue weighted by Crippen LogP contribution is 2.36. The summed E-state index contributed by atoms with van der Waals surface area (Å²) in [4.78, 5) is 52.5. The van der Waals surface area contributed by atoms with Crippen molar-refractivity contribution in [3.8, 4) is 11.5 Å². The molecule has 0 bridgehead atoms. The molecule has 2 aromatic carbocycles. The average molecular weight is 515 g/mol. The van der Waals surface area contributed by atoms with Crippen molar-refractivity contribution in [1.29, 1.82) is 0 Å². The molecule has 11 heteroatoms. The number of carbonyl (C=O) groups is 2. The number of primary amides is 1. The molecule has 0 radical (unpaired) electrons. The van der Waals surface area contributed by atoms with Crippen LogP contribution < -0.4 is 31.8 Å². The van der Waals surface area contributed by atoms with Crippen LogP contribution in [0.5, 0.6) is 11.5 Å². The molecule has 1 heterocycles. The number of hydrogen-bond donors (Lipinski definition) is 2. The molecule has 1 unspecified atom stereocenters. The fourth-order valence-electron chi connectivity index (χ4n) is 4.87. The van der Waals surface area contributed by atoms with Crippen molar-refractivity contribution in [3.63, 3.8) is 0 Å². The van der Waals surface area contributed by atoms with Gasteiger partial charge in [-0.1, -0.05) is 36.6 Å². The Balaban J connectivity index is 1.79. The number of nitrogens with one attached hydrogen (secondary N) is 1. The van der Waals surface area contributed by atoms with E-state index >= 15 is 0 Å². The number of anilines is 1. The largest absolute Gasteiger partial charge is 0.495 e. The number of nitrogens with zero attached hydrogens (tertiary/aromatic N) is 2. The van der Waals surface area contributed by atoms with E-state index in [9.17, 15) is 19.2 Å². The highest BCUT2D eigenvalue weighted by atomic mass is 35.5. The third kappa shape index (κ3) is 4.68. The first-order valence-electron chi connectivity index (χ1n) is 11.5. The van der Waals surface area contributed by atoms with E-state index in [1.807, 2.05) is 0 Å². The van der Waals surface area contributed by atoms with Crippen LogP contribution >= 0.6 is 11.6 Å². The number of ether oxygens (including phenoxy) is 2. The van der Waals surface area contributed by atoms with Gasteiger partial charge in [0, 0.05) is 6.07 Å². The fourth-order valence-corrected chi connectivity index (χ4v) is 5.11. The normalized spacial score (nSPS) is 14.5. The molecular weight excluding hydrogens is 488 g/mol. The summed E-state index contributed by atoms with van der Waals surface area (Å²) in [7, 11) is 2.88. The van der Waals surface area contributed by atoms with Gasteiger partial charge in [-0.05, 0) is 37.0 Å². The van der Waals surface area contributed by atoms with Crippen LogP contribution in [0.1, 0.15) is 31.7 Å². The molecule has 36 heavy (non-hydrogen) atoms. The molecule has 0 aliphatic heterocycles. The van der Waals surface area contributed by atoms with Gasteiger partial charge >= 0.3 is 5.69 Å². The van der Waals surface area contributed by atoms with E-state index in [2.05, 4.69) is 5.32 Å². The molecule has 3 aromatic rings. The molecule has 1 aromatic heterocycles. The first kappa shape index (κ1) is 25.3. The molecule has 4 rings (SSSR count). The van der Waals surface area contributed by atoms with E-state index in [4.69, 9.17) is 26.8 Å². The first-order chi connectivity index (χ1) is 17.3. The van der Waals surface area contributed by atoms with E-state index in [0.717, 1.165) is 17.4 Å². The lowest BCUT2D eigenvalue weighted by Crippen LogP contribution is -2.48. The van der Waals surface area contributed by atoms with Crippen LogP contribution in [-0.4, -0.2) is 35.2 Å². The van der Waals surface area contributed by atoms with Crippen molar-refractivity contribution < 1.29 is 19.1 Å². The number of para-hydroxylation sites is 1. The third-order valence-electron chi connectivity index (χ3n) is 6.55. The van der Waals surface area contributed by atoms with Crippen molar-refractivity contribution in [2.24, 2.45) is 11.7 Å². The Labute approximate surface area is 211 Å². The summed E-state index contributed by atoms with van der Waals surface area (Å²) >= 11 is 6.20. The van der Waals surface area contributed by atoms with Crippen molar-refractivity contribution in [1.82, 2.24) is 9.13 Å². The summed E-state index contributed by atoms with van der Waals surface area (Å²) in [6.07, 6.45) is 3.15. The molecule has 1 aliphatic carbocycles. The van der Waals surface area contributed by atoms with Gasteiger partial charge in [-0.15, -0.1) is 0 Å². The zero-order valence-electron chi connectivity index (χ0n) is 20.0. The predicted molar refractivity (Wildman–Crippen MR) is 136 cm³/mol. The van der Waals surface area contributed by atoms with Crippen LogP contribution in [0, 0.1) is 5.92 Å². The number of fused-ring (bicyclic) bond motifs is 1. The predicted octanol–water partition coefficient (Wildman–Crippen LogP) is 2.69. The quantitative estimate of drug-likeness (QED) is 0.474. The molecule has 10 nitrogen and oxygen atoms in total. The highest BCUT2D eigenvalue weighted by molar-refractivity contribution is 6.32. The summed E-state index contributed by atoms with van der Waals surface area (Å²) in [5.41, 5.74) is 4.86. The van der Waals surface area contributed by atoms with Crippen molar-refractivity contribution in [2.45, 2.75) is 38.3 Å². The summed E-state index contributed by atoms with van der Waals surface area (Å²) in [6.45, 7) is -0.428. The monoisotopic (exact) mass is 514 g/mol. The molecule has 1 aliphatic rings. The van der Waals surface area contributed by atoms with Crippen LogP contribution in [0.25, 0.3) is 10.9 Å². The van der Waals surface area contributed by atoms with E-state index in [-0.39, 0.29) is 27.5 Å². The number of carbonyl (C=O) groups excluding carboxylic acids is 2. The minimum atomic E-state index is -1.09. The molecule has 1 fully saturated rings. The Morgan fingerprint density at radius 2 is 1.78 bits per heavy atom. The molecule has 190 valence electrons. The summed E-state index contributed by atoms with van der Waals surface area (Å²) in [5, 5.41) is 3.16. The SMILES string of the molecule is COc1cc(OC)c(NC(=O)Cn2c(=O)n(C(C(N)=O)C3CCCC3)c(=O)c3ccccc32)cc1Cl. The third-order valence-corrected chi connectivity index (χ3v) is 6.84. The van der Waals surface area contributed by atoms with Crippen LogP contribution in [-0.2, 0) is 16.1 Å². The van der Waals surface area contributed by atoms with E-state index in [0.29, 0.717) is 24.3 Å². The Morgan fingerprint density at radius 1 is 1.11 bits per heavy atom. The van der Waals surface area contributed by atoms with Gasteiger partial charge in [-0.2, -0.15) is 0 Å². The lowest BCUT2D eigenvalue weighted by Gasteiger charge is -2.24. The molecule has 1 saturated carbocycles. The minimum absolute atomic E-state index is 0.208. The van der Waals surface area contributed by atoms with Gasteiger partial charge in [0.15, 0.2) is 0 Å². The van der Waals surface area contributed by atoms with Gasteiger partial charge in [0.2, 0.25) is 11.8 Å². The molecule has 1 atom stereocenters. The Hall–Kier alpha value is -3.79. The Bertz CT molecular complexity index is 1440. The lowest BCUT2D eigenvalue weighted by atomic mass is 9.97. The number of benzene rings is 2. The summed E-state index contributed by atoms with van der Waals surface area (Å²) in [6, 6.07) is 8.36. The van der Waals surface area contributed by atoms with Gasteiger partial charge in [-0.25, -0.2) is 9.36 Å². The van der Waals surface area contributed by atoms with Gasteiger partial charge < -0.3 is 20.5 Å². The Kier molecular flexibility index (Phi) is 7.35. The maximum Gasteiger partial charge on any atom is 0.332 e. The van der Waals surface area contributed by atoms with E-state index in [1.165, 1.54) is 30.9 Å². The first-order valence-corrected chi connectivity index (χ1v) is 11.9. The number of rotatable bonds is 8. The number of hydrogen-bond acceptors (Lipinski definition) is 6. The molecular formula is C25H27ClN4O6. The number of halogens is 1. The maximum atomic E-state index is 13.6. The molecule has 0 saturated heterocycles. The van der Waals surface area contributed by atoms with Gasteiger partial charge in [0.05, 0.1) is 35.8 Å². The molecule has 3 N–H and O–H groups in total. The van der Waals surface area contributed by atoms with Crippen molar-refractivity contribution in [3.05, 3.63) is 62.3 Å². The second kappa shape index (κ2) is 10.4. The number of methoxy groups -OCH3 is 2. The lowest BCUT2D eigenvalue weighted by molar-refractivity contribution is -0.122. The summed E-state index contributed by atoms with van der Waals surface area (Å²) < 4.78 is 12.6. The minimum Gasteiger partial charge on any atom is -0.495 e. The zero-order valence-corrected chi connectivity index (χ0v) is 20.7. The average Bonchev–Trinajstić information content (AvgIpc) is 3.38. The number of amides is 2. The van der Waals surface area contributed by atoms with Gasteiger partial charge in [0.25, 0.3) is 5.56 Å². The van der Waals surface area contributed by atoms with Crippen molar-refractivity contribution >= 4 is 40.0 Å². The van der Waals surface area contributed by atoms with Gasteiger partial charge in [0.1, 0.15) is 24.1 Å². The van der Waals surface area contributed by atoms with Crippen LogP contribution in [0.3, 0.4) is 0 Å². The van der Waals surface area contributed by atoms with Gasteiger partial charge in [-0.3, -0.25) is 19.0 Å². The second-order valence-corrected chi connectivity index (χ2v) is 9.10. The Morgan fingerprint density at radius 3 is 2.42 bits per heavy atom. The smallest absolute Gasteiger partial charge is 0.332 e. The van der Waals surface area contributed by atoms with Crippen LogP contribution in [0.2, 0.25) is 5.02 Å². The number of nitrogens with two attached hydrogens (primary N) is 1. The standard InChI is InChI=1S/C25H27ClN4O6/c1-35-19-12-20(36-2)17(11-16(19)26)28-21(31)13-29-18-10-6-5-9-15(18)24(33)30(25(29)34)22(23(27)32)14-7-3-4-8-14/h5-6,9-12,14,22H,3-4,7-8,13H2,1-2H3,(H2,27,32)(H,28,31). The molecule has 0 spiro atoms. The van der Waals surface area contributed by atoms with E-state index < -0.39 is 35.6 Å².